The van der Waals surface area contributed by atoms with Gasteiger partial charge in [0.25, 0.3) is 0 Å². The number of carboxylic acids is 1. The minimum Gasteiger partial charge on any atom is -0.476 e. The lowest BCUT2D eigenvalue weighted by atomic mass is 10.4. The fraction of sp³-hybridized carbons (Fsp3) is 0.333. The third-order valence-electron chi connectivity index (χ3n) is 1.24. The fourth-order valence-electron chi connectivity index (χ4n) is 0.704. The maximum atomic E-state index is 12.6. The number of carbonyl (C=O) groups is 1. The SMILES string of the molecule is CCn1cc(F)c(C(=O)O)n1. The monoisotopic (exact) mass is 158 g/mol. The molecule has 0 aliphatic rings. The summed E-state index contributed by atoms with van der Waals surface area (Å²) >= 11 is 0. The first kappa shape index (κ1) is 7.71. The van der Waals surface area contributed by atoms with E-state index in [1.807, 2.05) is 0 Å². The number of carboxylic acid groups (broad SMARTS) is 1. The topological polar surface area (TPSA) is 55.1 Å². The molecule has 4 nitrogen and oxygen atoms in total. The lowest BCUT2D eigenvalue weighted by Crippen LogP contribution is -2.01. The van der Waals surface area contributed by atoms with Crippen LogP contribution in [0, 0.1) is 5.82 Å². The predicted octanol–water partition coefficient (Wildman–Crippen LogP) is 0.740. The number of nitrogens with zero attached hydrogens (tertiary/aromatic N) is 2. The molecule has 0 unspecified atom stereocenters. The van der Waals surface area contributed by atoms with Gasteiger partial charge in [0.2, 0.25) is 5.69 Å². The van der Waals surface area contributed by atoms with E-state index in [1.54, 1.807) is 6.92 Å². The molecular weight excluding hydrogens is 151 g/mol. The Labute approximate surface area is 62.3 Å². The second kappa shape index (κ2) is 2.69. The Hall–Kier alpha value is -1.39. The molecule has 0 saturated heterocycles. The van der Waals surface area contributed by atoms with E-state index < -0.39 is 17.5 Å². The van der Waals surface area contributed by atoms with E-state index in [0.29, 0.717) is 6.54 Å². The highest BCUT2D eigenvalue weighted by Crippen LogP contribution is 2.03. The van der Waals surface area contributed by atoms with Gasteiger partial charge in [-0.3, -0.25) is 4.68 Å². The Morgan fingerprint density at radius 3 is 2.82 bits per heavy atom. The molecule has 1 aromatic heterocycles. The molecule has 5 heteroatoms. The lowest BCUT2D eigenvalue weighted by molar-refractivity contribution is 0.0684. The van der Waals surface area contributed by atoms with Gasteiger partial charge in [0.1, 0.15) is 0 Å². The van der Waals surface area contributed by atoms with Crippen LogP contribution in [0.1, 0.15) is 17.4 Å². The van der Waals surface area contributed by atoms with Crippen molar-refractivity contribution in [2.45, 2.75) is 13.5 Å². The number of halogens is 1. The van der Waals surface area contributed by atoms with Crippen molar-refractivity contribution in [1.82, 2.24) is 9.78 Å². The van der Waals surface area contributed by atoms with Crippen molar-refractivity contribution in [3.05, 3.63) is 17.7 Å². The van der Waals surface area contributed by atoms with Crippen molar-refractivity contribution in [2.24, 2.45) is 0 Å². The van der Waals surface area contributed by atoms with Gasteiger partial charge in [-0.25, -0.2) is 9.18 Å². The first-order valence-electron chi connectivity index (χ1n) is 3.11. The van der Waals surface area contributed by atoms with Gasteiger partial charge in [-0.2, -0.15) is 5.10 Å². The summed E-state index contributed by atoms with van der Waals surface area (Å²) in [5.41, 5.74) is -0.521. The normalized spacial score (nSPS) is 10.0. The number of aromatic nitrogens is 2. The minimum atomic E-state index is -1.34. The predicted molar refractivity (Wildman–Crippen MR) is 34.8 cm³/mol. The van der Waals surface area contributed by atoms with Crippen LogP contribution in [0.2, 0.25) is 0 Å². The van der Waals surface area contributed by atoms with Crippen molar-refractivity contribution < 1.29 is 14.3 Å². The van der Waals surface area contributed by atoms with Gasteiger partial charge in [-0.1, -0.05) is 0 Å². The summed E-state index contributed by atoms with van der Waals surface area (Å²) in [6, 6.07) is 0. The smallest absolute Gasteiger partial charge is 0.359 e. The van der Waals surface area contributed by atoms with Crippen molar-refractivity contribution in [3.8, 4) is 0 Å². The van der Waals surface area contributed by atoms with E-state index in [4.69, 9.17) is 5.11 Å². The Kier molecular flexibility index (Phi) is 1.89. The molecule has 0 aliphatic heterocycles. The number of hydrogen-bond acceptors (Lipinski definition) is 2. The molecule has 1 N–H and O–H groups in total. The van der Waals surface area contributed by atoms with E-state index in [1.165, 1.54) is 4.68 Å². The third kappa shape index (κ3) is 1.36. The number of aryl methyl sites for hydroxylation is 1. The van der Waals surface area contributed by atoms with E-state index in [9.17, 15) is 9.18 Å². The molecule has 1 aromatic rings. The molecule has 1 rings (SSSR count). The molecule has 1 heterocycles. The van der Waals surface area contributed by atoms with Crippen molar-refractivity contribution in [2.75, 3.05) is 0 Å². The standard InChI is InChI=1S/C6H7FN2O2/c1-2-9-3-4(7)5(8-9)6(10)11/h3H,2H2,1H3,(H,10,11). The molecular formula is C6H7FN2O2. The first-order chi connectivity index (χ1) is 5.15. The maximum absolute atomic E-state index is 12.6. The molecule has 0 aliphatic carbocycles. The largest absolute Gasteiger partial charge is 0.476 e. The summed E-state index contributed by atoms with van der Waals surface area (Å²) < 4.78 is 13.8. The second-order valence-electron chi connectivity index (χ2n) is 1.99. The quantitative estimate of drug-likeness (QED) is 0.690. The van der Waals surface area contributed by atoms with Crippen molar-refractivity contribution in [1.29, 1.82) is 0 Å². The zero-order valence-electron chi connectivity index (χ0n) is 5.91. The Bertz CT molecular complexity index is 282. The summed E-state index contributed by atoms with van der Waals surface area (Å²) in [5.74, 6) is -2.13. The highest BCUT2D eigenvalue weighted by atomic mass is 19.1. The van der Waals surface area contributed by atoms with E-state index in [2.05, 4.69) is 5.10 Å². The van der Waals surface area contributed by atoms with Crippen LogP contribution in [-0.2, 0) is 6.54 Å². The van der Waals surface area contributed by atoms with Crippen molar-refractivity contribution in [3.63, 3.8) is 0 Å². The molecule has 60 valence electrons. The summed E-state index contributed by atoms with van der Waals surface area (Å²) in [5, 5.41) is 11.8. The van der Waals surface area contributed by atoms with Gasteiger partial charge in [-0.05, 0) is 6.92 Å². The fourth-order valence-corrected chi connectivity index (χ4v) is 0.704. The van der Waals surface area contributed by atoms with Gasteiger partial charge in [0.05, 0.1) is 6.20 Å². The minimum absolute atomic E-state index is 0.462. The average Bonchev–Trinajstić information content (AvgIpc) is 2.30. The lowest BCUT2D eigenvalue weighted by Gasteiger charge is -1.89. The van der Waals surface area contributed by atoms with Gasteiger partial charge < -0.3 is 5.11 Å². The molecule has 0 radical (unpaired) electrons. The zero-order chi connectivity index (χ0) is 8.43. The molecule has 0 atom stereocenters. The Balaban J connectivity index is 3.07. The number of hydrogen-bond donors (Lipinski definition) is 1. The summed E-state index contributed by atoms with van der Waals surface area (Å²) in [6.07, 6.45) is 1.06. The molecule has 0 fully saturated rings. The van der Waals surface area contributed by atoms with Crippen LogP contribution in [0.3, 0.4) is 0 Å². The van der Waals surface area contributed by atoms with Crippen LogP contribution < -0.4 is 0 Å². The van der Waals surface area contributed by atoms with Gasteiger partial charge in [0, 0.05) is 6.54 Å². The number of rotatable bonds is 2. The van der Waals surface area contributed by atoms with Crippen LogP contribution in [-0.4, -0.2) is 20.9 Å². The molecule has 0 saturated carbocycles. The second-order valence-corrected chi connectivity index (χ2v) is 1.99. The Morgan fingerprint density at radius 2 is 2.55 bits per heavy atom. The molecule has 0 bridgehead atoms. The average molecular weight is 158 g/mol. The molecule has 0 amide bonds. The highest BCUT2D eigenvalue weighted by Gasteiger charge is 2.14. The summed E-state index contributed by atoms with van der Waals surface area (Å²) in [6.45, 7) is 2.21. The van der Waals surface area contributed by atoms with Crippen LogP contribution in [0.5, 0.6) is 0 Å². The maximum Gasteiger partial charge on any atom is 0.359 e. The number of aromatic carboxylic acids is 1. The van der Waals surface area contributed by atoms with Crippen LogP contribution >= 0.6 is 0 Å². The first-order valence-corrected chi connectivity index (χ1v) is 3.11. The van der Waals surface area contributed by atoms with Gasteiger partial charge in [-0.15, -0.1) is 0 Å². The molecule has 11 heavy (non-hydrogen) atoms. The summed E-state index contributed by atoms with van der Waals surface area (Å²) in [7, 11) is 0. The third-order valence-corrected chi connectivity index (χ3v) is 1.24. The van der Waals surface area contributed by atoms with Crippen LogP contribution in [0.4, 0.5) is 4.39 Å². The molecule has 0 spiro atoms. The Morgan fingerprint density at radius 1 is 1.91 bits per heavy atom. The van der Waals surface area contributed by atoms with E-state index in [-0.39, 0.29) is 0 Å². The van der Waals surface area contributed by atoms with E-state index in [0.717, 1.165) is 6.20 Å². The van der Waals surface area contributed by atoms with Crippen LogP contribution in [0.25, 0.3) is 0 Å². The van der Waals surface area contributed by atoms with E-state index >= 15 is 0 Å². The van der Waals surface area contributed by atoms with Gasteiger partial charge in [0.15, 0.2) is 5.82 Å². The highest BCUT2D eigenvalue weighted by molar-refractivity contribution is 5.85. The summed E-state index contributed by atoms with van der Waals surface area (Å²) in [4.78, 5) is 10.2. The molecule has 0 aromatic carbocycles. The van der Waals surface area contributed by atoms with Crippen molar-refractivity contribution >= 4 is 5.97 Å². The van der Waals surface area contributed by atoms with Gasteiger partial charge >= 0.3 is 5.97 Å². The zero-order valence-corrected chi connectivity index (χ0v) is 5.91. The van der Waals surface area contributed by atoms with Crippen LogP contribution in [0.15, 0.2) is 6.20 Å².